The summed E-state index contributed by atoms with van der Waals surface area (Å²) < 4.78 is 26.0. The number of rotatable bonds is 5. The van der Waals surface area contributed by atoms with E-state index in [-0.39, 0.29) is 24.7 Å². The van der Waals surface area contributed by atoms with Crippen molar-refractivity contribution in [2.24, 2.45) is 5.92 Å². The first-order valence-electron chi connectivity index (χ1n) is 7.65. The molecule has 0 bridgehead atoms. The normalized spacial score (nSPS) is 24.5. The van der Waals surface area contributed by atoms with Crippen LogP contribution in [0.25, 0.3) is 0 Å². The lowest BCUT2D eigenvalue weighted by Crippen LogP contribution is -2.44. The summed E-state index contributed by atoms with van der Waals surface area (Å²) in [7, 11) is 0. The Bertz CT molecular complexity index is 310. The van der Waals surface area contributed by atoms with Crippen LogP contribution >= 0.6 is 0 Å². The molecule has 1 aliphatic carbocycles. The predicted molar refractivity (Wildman–Crippen MR) is 73.8 cm³/mol. The highest BCUT2D eigenvalue weighted by atomic mass is 19.3. The second kappa shape index (κ2) is 7.31. The molecule has 1 saturated carbocycles. The number of nitrogens with one attached hydrogen (secondary N) is 2. The molecule has 1 heterocycles. The average molecular weight is 289 g/mol. The maximum Gasteiger partial charge on any atom is 0.248 e. The highest BCUT2D eigenvalue weighted by molar-refractivity contribution is 5.78. The van der Waals surface area contributed by atoms with Crippen molar-refractivity contribution in [1.29, 1.82) is 0 Å². The van der Waals surface area contributed by atoms with E-state index in [2.05, 4.69) is 15.5 Å². The van der Waals surface area contributed by atoms with Crippen LogP contribution in [-0.2, 0) is 4.79 Å². The van der Waals surface area contributed by atoms with Gasteiger partial charge in [0, 0.05) is 51.5 Å². The van der Waals surface area contributed by atoms with Crippen molar-refractivity contribution < 1.29 is 13.6 Å². The van der Waals surface area contributed by atoms with Crippen molar-refractivity contribution in [1.82, 2.24) is 15.5 Å². The molecular formula is C14H25F2N3O. The smallest absolute Gasteiger partial charge is 0.248 e. The molecular weight excluding hydrogens is 264 g/mol. The summed E-state index contributed by atoms with van der Waals surface area (Å²) in [5.41, 5.74) is 0. The molecule has 2 aliphatic rings. The molecule has 2 rings (SSSR count). The molecule has 116 valence electrons. The number of carbonyl (C=O) groups is 1. The number of hydrogen-bond donors (Lipinski definition) is 2. The monoisotopic (exact) mass is 289 g/mol. The lowest BCUT2D eigenvalue weighted by Gasteiger charge is -2.28. The van der Waals surface area contributed by atoms with Crippen LogP contribution in [0.4, 0.5) is 8.78 Å². The molecule has 20 heavy (non-hydrogen) atoms. The molecule has 0 aromatic rings. The van der Waals surface area contributed by atoms with E-state index in [1.165, 1.54) is 0 Å². The van der Waals surface area contributed by atoms with Crippen LogP contribution in [-0.4, -0.2) is 56.0 Å². The zero-order chi connectivity index (χ0) is 14.4. The SMILES string of the molecule is O=C(NCCCN1CCNCC1)C1CCC(F)(F)CC1. The van der Waals surface area contributed by atoms with Crippen LogP contribution in [0.2, 0.25) is 0 Å². The highest BCUT2D eigenvalue weighted by Gasteiger charge is 2.37. The van der Waals surface area contributed by atoms with Gasteiger partial charge in [-0.15, -0.1) is 0 Å². The maximum atomic E-state index is 13.0. The van der Waals surface area contributed by atoms with Gasteiger partial charge in [0.05, 0.1) is 0 Å². The van der Waals surface area contributed by atoms with Crippen LogP contribution < -0.4 is 10.6 Å². The van der Waals surface area contributed by atoms with E-state index in [0.717, 1.165) is 39.1 Å². The van der Waals surface area contributed by atoms with Crippen LogP contribution in [0.1, 0.15) is 32.1 Å². The van der Waals surface area contributed by atoms with E-state index in [9.17, 15) is 13.6 Å². The summed E-state index contributed by atoms with van der Waals surface area (Å²) in [6.07, 6.45) is 1.26. The van der Waals surface area contributed by atoms with Gasteiger partial charge in [0.2, 0.25) is 11.8 Å². The highest BCUT2D eigenvalue weighted by Crippen LogP contribution is 2.36. The molecule has 6 heteroatoms. The second-order valence-electron chi connectivity index (χ2n) is 5.87. The lowest BCUT2D eigenvalue weighted by atomic mass is 9.86. The number of halogens is 2. The number of amides is 1. The summed E-state index contributed by atoms with van der Waals surface area (Å²) in [5.74, 6) is -2.81. The molecule has 1 saturated heterocycles. The molecule has 2 N–H and O–H groups in total. The average Bonchev–Trinajstić information content (AvgIpc) is 2.44. The molecule has 4 nitrogen and oxygen atoms in total. The van der Waals surface area contributed by atoms with Gasteiger partial charge < -0.3 is 15.5 Å². The summed E-state index contributed by atoms with van der Waals surface area (Å²) in [5, 5.41) is 6.19. The number of piperazine rings is 1. The van der Waals surface area contributed by atoms with Crippen LogP contribution in [0.5, 0.6) is 0 Å². The zero-order valence-electron chi connectivity index (χ0n) is 12.0. The lowest BCUT2D eigenvalue weighted by molar-refractivity contribution is -0.129. The van der Waals surface area contributed by atoms with Crippen molar-refractivity contribution in [3.8, 4) is 0 Å². The Hall–Kier alpha value is -0.750. The van der Waals surface area contributed by atoms with Gasteiger partial charge in [-0.25, -0.2) is 8.78 Å². The van der Waals surface area contributed by atoms with Crippen LogP contribution in [0, 0.1) is 5.92 Å². The van der Waals surface area contributed by atoms with Gasteiger partial charge in [0.25, 0.3) is 0 Å². The Kier molecular flexibility index (Phi) is 5.72. The van der Waals surface area contributed by atoms with Crippen LogP contribution in [0.3, 0.4) is 0 Å². The fraction of sp³-hybridized carbons (Fsp3) is 0.929. The number of carbonyl (C=O) groups excluding carboxylic acids is 1. The van der Waals surface area contributed by atoms with Gasteiger partial charge in [-0.2, -0.15) is 0 Å². The van der Waals surface area contributed by atoms with E-state index < -0.39 is 5.92 Å². The fourth-order valence-corrected chi connectivity index (χ4v) is 2.90. The van der Waals surface area contributed by atoms with E-state index in [4.69, 9.17) is 0 Å². The molecule has 0 atom stereocenters. The topological polar surface area (TPSA) is 44.4 Å². The Morgan fingerprint density at radius 1 is 1.25 bits per heavy atom. The van der Waals surface area contributed by atoms with Gasteiger partial charge in [-0.3, -0.25) is 4.79 Å². The van der Waals surface area contributed by atoms with Gasteiger partial charge in [-0.05, 0) is 25.8 Å². The molecule has 0 unspecified atom stereocenters. The number of hydrogen-bond acceptors (Lipinski definition) is 3. The maximum absolute atomic E-state index is 13.0. The zero-order valence-corrected chi connectivity index (χ0v) is 12.0. The number of nitrogens with zero attached hydrogens (tertiary/aromatic N) is 1. The van der Waals surface area contributed by atoms with Gasteiger partial charge in [-0.1, -0.05) is 0 Å². The van der Waals surface area contributed by atoms with E-state index in [1.807, 2.05) is 0 Å². The third-order valence-electron chi connectivity index (χ3n) is 4.25. The Balaban J connectivity index is 1.56. The van der Waals surface area contributed by atoms with E-state index >= 15 is 0 Å². The largest absolute Gasteiger partial charge is 0.356 e. The van der Waals surface area contributed by atoms with Gasteiger partial charge in [0.15, 0.2) is 0 Å². The standard InChI is InChI=1S/C14H25F2N3O/c15-14(16)4-2-12(3-5-14)13(20)18-6-1-9-19-10-7-17-8-11-19/h12,17H,1-11H2,(H,18,20). The predicted octanol–water partition coefficient (Wildman–Crippen LogP) is 1.22. The Labute approximate surface area is 119 Å². The first-order valence-corrected chi connectivity index (χ1v) is 7.65. The van der Waals surface area contributed by atoms with Gasteiger partial charge >= 0.3 is 0 Å². The molecule has 0 aromatic carbocycles. The Morgan fingerprint density at radius 2 is 1.90 bits per heavy atom. The first kappa shape index (κ1) is 15.6. The third kappa shape index (κ3) is 4.98. The molecule has 0 aromatic heterocycles. The Morgan fingerprint density at radius 3 is 2.55 bits per heavy atom. The summed E-state index contributed by atoms with van der Waals surface area (Å²) in [6, 6.07) is 0. The van der Waals surface area contributed by atoms with Crippen molar-refractivity contribution in [2.45, 2.75) is 38.0 Å². The molecule has 0 spiro atoms. The summed E-state index contributed by atoms with van der Waals surface area (Å²) >= 11 is 0. The second-order valence-corrected chi connectivity index (χ2v) is 5.87. The minimum atomic E-state index is -2.56. The summed E-state index contributed by atoms with van der Waals surface area (Å²) in [4.78, 5) is 14.3. The van der Waals surface area contributed by atoms with Crippen molar-refractivity contribution in [3.05, 3.63) is 0 Å². The fourth-order valence-electron chi connectivity index (χ4n) is 2.90. The molecule has 0 radical (unpaired) electrons. The minimum Gasteiger partial charge on any atom is -0.356 e. The molecule has 2 fully saturated rings. The van der Waals surface area contributed by atoms with E-state index in [0.29, 0.717) is 19.4 Å². The van der Waals surface area contributed by atoms with Crippen LogP contribution in [0.15, 0.2) is 0 Å². The first-order chi connectivity index (χ1) is 9.57. The van der Waals surface area contributed by atoms with Crippen molar-refractivity contribution in [2.75, 3.05) is 39.3 Å². The molecule has 1 amide bonds. The van der Waals surface area contributed by atoms with Crippen molar-refractivity contribution >= 4 is 5.91 Å². The van der Waals surface area contributed by atoms with Gasteiger partial charge in [0.1, 0.15) is 0 Å². The molecule has 1 aliphatic heterocycles. The summed E-state index contributed by atoms with van der Waals surface area (Å²) in [6.45, 7) is 5.82. The number of alkyl halides is 2. The minimum absolute atomic E-state index is 0.0409. The van der Waals surface area contributed by atoms with E-state index in [1.54, 1.807) is 0 Å². The quantitative estimate of drug-likeness (QED) is 0.748. The van der Waals surface area contributed by atoms with Crippen molar-refractivity contribution in [3.63, 3.8) is 0 Å². The third-order valence-corrected chi connectivity index (χ3v) is 4.25.